The molecule has 0 heteroatoms. The molecule has 0 N–H and O–H groups in total. The molecule has 2 aromatic carbocycles. The molecule has 29 heavy (non-hydrogen) atoms. The summed E-state index contributed by atoms with van der Waals surface area (Å²) < 4.78 is 0. The minimum absolute atomic E-state index is 0.625. The van der Waals surface area contributed by atoms with Crippen molar-refractivity contribution in [3.05, 3.63) is 59.7 Å². The molecule has 2 aromatic rings. The van der Waals surface area contributed by atoms with Gasteiger partial charge in [0.2, 0.25) is 0 Å². The van der Waals surface area contributed by atoms with Crippen LogP contribution in [-0.4, -0.2) is 0 Å². The molecule has 6 rings (SSSR count). The second-order valence-corrected chi connectivity index (χ2v) is 10.8. The summed E-state index contributed by atoms with van der Waals surface area (Å²) >= 11 is 0. The molecule has 0 nitrogen and oxygen atoms in total. The van der Waals surface area contributed by atoms with E-state index in [-0.39, 0.29) is 0 Å². The molecular weight excluding hydrogens is 348 g/mol. The van der Waals surface area contributed by atoms with Gasteiger partial charge in [0.25, 0.3) is 0 Å². The lowest BCUT2D eigenvalue weighted by atomic mass is 9.61. The highest BCUT2D eigenvalue weighted by Gasteiger charge is 2.49. The van der Waals surface area contributed by atoms with Gasteiger partial charge >= 0.3 is 0 Å². The summed E-state index contributed by atoms with van der Waals surface area (Å²) in [6, 6.07) is 18.4. The van der Waals surface area contributed by atoms with E-state index in [1.165, 1.54) is 43.2 Å². The fraction of sp³-hybridized carbons (Fsp3) is 0.586. The Labute approximate surface area is 177 Å². The minimum Gasteiger partial charge on any atom is -0.0622 e. The Morgan fingerprint density at radius 3 is 2.14 bits per heavy atom. The lowest BCUT2D eigenvalue weighted by molar-refractivity contribution is 0.0569. The third-order valence-corrected chi connectivity index (χ3v) is 9.61. The largest absolute Gasteiger partial charge is 0.0622 e. The molecule has 4 aliphatic carbocycles. The Morgan fingerprint density at radius 2 is 1.38 bits per heavy atom. The van der Waals surface area contributed by atoms with Crippen LogP contribution in [0.25, 0.3) is 11.1 Å². The number of fused-ring (bicyclic) bond motifs is 6. The summed E-state index contributed by atoms with van der Waals surface area (Å²) in [6.45, 7) is 2.59. The lowest BCUT2D eigenvalue weighted by Crippen LogP contribution is -2.35. The molecule has 6 atom stereocenters. The highest BCUT2D eigenvalue weighted by atomic mass is 14.5. The number of rotatable bonds is 3. The van der Waals surface area contributed by atoms with Crippen LogP contribution in [0.2, 0.25) is 0 Å². The van der Waals surface area contributed by atoms with E-state index in [0.29, 0.717) is 5.92 Å². The molecule has 6 unspecified atom stereocenters. The molecule has 0 heterocycles. The summed E-state index contributed by atoms with van der Waals surface area (Å²) in [7, 11) is 0. The van der Waals surface area contributed by atoms with Crippen molar-refractivity contribution in [3.8, 4) is 11.1 Å². The molecule has 3 fully saturated rings. The lowest BCUT2D eigenvalue weighted by Gasteiger charge is -2.44. The highest BCUT2D eigenvalue weighted by molar-refractivity contribution is 5.78. The van der Waals surface area contributed by atoms with Gasteiger partial charge in [-0.3, -0.25) is 0 Å². The van der Waals surface area contributed by atoms with Gasteiger partial charge in [-0.05, 0) is 96.3 Å². The first-order chi connectivity index (χ1) is 14.3. The van der Waals surface area contributed by atoms with Crippen LogP contribution >= 0.6 is 0 Å². The normalized spacial score (nSPS) is 35.6. The third kappa shape index (κ3) is 2.93. The van der Waals surface area contributed by atoms with Crippen LogP contribution in [0.1, 0.15) is 81.8 Å². The maximum Gasteiger partial charge on any atom is 0.0102 e. The Balaban J connectivity index is 1.22. The smallest absolute Gasteiger partial charge is 0.0102 e. The zero-order valence-electron chi connectivity index (χ0n) is 18.0. The molecule has 0 bridgehead atoms. The van der Waals surface area contributed by atoms with Gasteiger partial charge in [-0.2, -0.15) is 0 Å². The van der Waals surface area contributed by atoms with Crippen LogP contribution in [0, 0.1) is 35.5 Å². The van der Waals surface area contributed by atoms with Crippen molar-refractivity contribution in [1.29, 1.82) is 0 Å². The highest BCUT2D eigenvalue weighted by Crippen LogP contribution is 2.58. The quantitative estimate of drug-likeness (QED) is 0.502. The Hall–Kier alpha value is -1.56. The molecule has 0 aromatic heterocycles. The standard InChI is InChI=1S/C29H36/c1-19-18-29-22-9-3-2-8-20(22)14-15-27(29)21(19)16-17-28-25-12-6-4-10-23(25)24-11-5-7-13-26(24)28/h4-7,10-13,19-22,27-29H,2-3,8-9,14-18H2,1H3. The van der Waals surface area contributed by atoms with Crippen LogP contribution in [0.3, 0.4) is 0 Å². The predicted octanol–water partition coefficient (Wildman–Crippen LogP) is 8.07. The van der Waals surface area contributed by atoms with E-state index in [2.05, 4.69) is 55.5 Å². The van der Waals surface area contributed by atoms with Gasteiger partial charge in [-0.15, -0.1) is 0 Å². The van der Waals surface area contributed by atoms with Crippen molar-refractivity contribution in [2.24, 2.45) is 35.5 Å². The summed E-state index contributed by atoms with van der Waals surface area (Å²) in [5, 5.41) is 0. The van der Waals surface area contributed by atoms with Crippen molar-refractivity contribution in [1.82, 2.24) is 0 Å². The zero-order valence-corrected chi connectivity index (χ0v) is 18.0. The van der Waals surface area contributed by atoms with Crippen molar-refractivity contribution in [2.45, 2.75) is 70.6 Å². The molecule has 3 saturated carbocycles. The van der Waals surface area contributed by atoms with Crippen LogP contribution in [-0.2, 0) is 0 Å². The maximum atomic E-state index is 2.59. The summed E-state index contributed by atoms with van der Waals surface area (Å²) in [6.07, 6.45) is 13.5. The molecule has 0 saturated heterocycles. The third-order valence-electron chi connectivity index (χ3n) is 9.61. The SMILES string of the molecule is CC1CC2C3CCCCC3CCC2C1CCC1c2ccccc2-c2ccccc21. The van der Waals surface area contributed by atoms with Gasteiger partial charge in [-0.1, -0.05) is 74.7 Å². The van der Waals surface area contributed by atoms with E-state index in [4.69, 9.17) is 0 Å². The Morgan fingerprint density at radius 1 is 0.690 bits per heavy atom. The summed E-state index contributed by atoms with van der Waals surface area (Å²) in [4.78, 5) is 0. The van der Waals surface area contributed by atoms with E-state index in [1.807, 2.05) is 0 Å². The summed E-state index contributed by atoms with van der Waals surface area (Å²) in [5.41, 5.74) is 6.17. The number of benzene rings is 2. The number of hydrogen-bond donors (Lipinski definition) is 0. The van der Waals surface area contributed by atoms with Crippen molar-refractivity contribution in [3.63, 3.8) is 0 Å². The van der Waals surface area contributed by atoms with Crippen molar-refractivity contribution < 1.29 is 0 Å². The minimum atomic E-state index is 0.625. The van der Waals surface area contributed by atoms with Gasteiger partial charge in [-0.25, -0.2) is 0 Å². The van der Waals surface area contributed by atoms with Crippen LogP contribution in [0.4, 0.5) is 0 Å². The molecule has 4 aliphatic rings. The average Bonchev–Trinajstić information content (AvgIpc) is 3.27. The van der Waals surface area contributed by atoms with Crippen molar-refractivity contribution in [2.75, 3.05) is 0 Å². The topological polar surface area (TPSA) is 0 Å². The van der Waals surface area contributed by atoms with Gasteiger partial charge in [0.1, 0.15) is 0 Å². The van der Waals surface area contributed by atoms with E-state index in [0.717, 1.165) is 35.5 Å². The fourth-order valence-electron chi connectivity index (χ4n) is 8.43. The van der Waals surface area contributed by atoms with E-state index >= 15 is 0 Å². The molecule has 0 radical (unpaired) electrons. The van der Waals surface area contributed by atoms with Crippen LogP contribution in [0.15, 0.2) is 48.5 Å². The van der Waals surface area contributed by atoms with Crippen LogP contribution < -0.4 is 0 Å². The second-order valence-electron chi connectivity index (χ2n) is 10.8. The van der Waals surface area contributed by atoms with Gasteiger partial charge < -0.3 is 0 Å². The molecule has 0 spiro atoms. The van der Waals surface area contributed by atoms with Gasteiger partial charge in [0.15, 0.2) is 0 Å². The molecule has 152 valence electrons. The van der Waals surface area contributed by atoms with Gasteiger partial charge in [0, 0.05) is 5.92 Å². The Bertz CT molecular complexity index is 834. The van der Waals surface area contributed by atoms with Gasteiger partial charge in [0.05, 0.1) is 0 Å². The van der Waals surface area contributed by atoms with E-state index in [1.54, 1.807) is 36.8 Å². The second kappa shape index (κ2) is 7.29. The average molecular weight is 385 g/mol. The summed E-state index contributed by atoms with van der Waals surface area (Å²) in [5.74, 6) is 6.82. The monoisotopic (exact) mass is 384 g/mol. The first-order valence-electron chi connectivity index (χ1n) is 12.5. The zero-order chi connectivity index (χ0) is 19.4. The first kappa shape index (κ1) is 18.2. The van der Waals surface area contributed by atoms with E-state index < -0.39 is 0 Å². The van der Waals surface area contributed by atoms with Crippen molar-refractivity contribution >= 4 is 0 Å². The fourth-order valence-corrected chi connectivity index (χ4v) is 8.43. The first-order valence-corrected chi connectivity index (χ1v) is 12.5. The van der Waals surface area contributed by atoms with E-state index in [9.17, 15) is 0 Å². The molecular formula is C29H36. The molecule has 0 amide bonds. The number of hydrogen-bond acceptors (Lipinski definition) is 0. The van der Waals surface area contributed by atoms with Crippen LogP contribution in [0.5, 0.6) is 0 Å². The Kier molecular flexibility index (Phi) is 4.58. The predicted molar refractivity (Wildman–Crippen MR) is 122 cm³/mol. The molecule has 0 aliphatic heterocycles. The maximum absolute atomic E-state index is 2.59.